The topological polar surface area (TPSA) is 98.2 Å². The van der Waals surface area contributed by atoms with Gasteiger partial charge in [-0.05, 0) is 37.5 Å². The first-order chi connectivity index (χ1) is 8.34. The lowest BCUT2D eigenvalue weighted by Crippen LogP contribution is -2.17. The van der Waals surface area contributed by atoms with Crippen molar-refractivity contribution in [2.45, 2.75) is 37.1 Å². The molecule has 5 N–H and O–H groups in total. The van der Waals surface area contributed by atoms with Gasteiger partial charge in [0, 0.05) is 17.4 Å². The lowest BCUT2D eigenvalue weighted by Gasteiger charge is -2.16. The number of nitrogens with two attached hydrogens (primary N) is 2. The standard InChI is InChI=1S/C12H19N3O2S/c1-8(4-9-2-3-9)15-11-5-10(13)6-12(7-11)18(14,16)17/h5-9,15H,2-4,13H2,1H3,(H2,14,16,17). The molecule has 18 heavy (non-hydrogen) atoms. The van der Waals surface area contributed by atoms with E-state index in [-0.39, 0.29) is 4.90 Å². The summed E-state index contributed by atoms with van der Waals surface area (Å²) in [4.78, 5) is 0.0450. The minimum Gasteiger partial charge on any atom is -0.399 e. The number of benzene rings is 1. The van der Waals surface area contributed by atoms with Crippen molar-refractivity contribution in [1.82, 2.24) is 0 Å². The average Bonchev–Trinajstić information content (AvgIpc) is 2.98. The van der Waals surface area contributed by atoms with E-state index in [1.807, 2.05) is 0 Å². The van der Waals surface area contributed by atoms with Gasteiger partial charge in [0.2, 0.25) is 10.0 Å². The summed E-state index contributed by atoms with van der Waals surface area (Å²) in [7, 11) is -3.71. The van der Waals surface area contributed by atoms with Crippen LogP contribution in [0.1, 0.15) is 26.2 Å². The average molecular weight is 269 g/mol. The van der Waals surface area contributed by atoms with Gasteiger partial charge < -0.3 is 11.1 Å². The Morgan fingerprint density at radius 3 is 2.61 bits per heavy atom. The van der Waals surface area contributed by atoms with E-state index in [0.717, 1.165) is 12.3 Å². The highest BCUT2D eigenvalue weighted by Crippen LogP contribution is 2.34. The Balaban J connectivity index is 2.14. The van der Waals surface area contributed by atoms with Crippen molar-refractivity contribution >= 4 is 21.4 Å². The first-order valence-corrected chi connectivity index (χ1v) is 7.59. The minimum atomic E-state index is -3.71. The van der Waals surface area contributed by atoms with Gasteiger partial charge in [-0.25, -0.2) is 13.6 Å². The van der Waals surface area contributed by atoms with Crippen LogP contribution in [-0.2, 0) is 10.0 Å². The molecular formula is C12H19N3O2S. The van der Waals surface area contributed by atoms with Crippen LogP contribution in [0.4, 0.5) is 11.4 Å². The second kappa shape index (κ2) is 4.78. The second-order valence-electron chi connectivity index (χ2n) is 5.06. The van der Waals surface area contributed by atoms with Crippen LogP contribution >= 0.6 is 0 Å². The fraction of sp³-hybridized carbons (Fsp3) is 0.500. The molecule has 1 aromatic carbocycles. The maximum absolute atomic E-state index is 11.3. The molecule has 1 aliphatic rings. The van der Waals surface area contributed by atoms with Crippen LogP contribution in [0.25, 0.3) is 0 Å². The monoisotopic (exact) mass is 269 g/mol. The van der Waals surface area contributed by atoms with Gasteiger partial charge >= 0.3 is 0 Å². The number of nitrogen functional groups attached to an aromatic ring is 1. The van der Waals surface area contributed by atoms with Gasteiger partial charge in [0.05, 0.1) is 4.90 Å². The third-order valence-corrected chi connectivity index (χ3v) is 3.95. The van der Waals surface area contributed by atoms with Crippen LogP contribution in [-0.4, -0.2) is 14.5 Å². The molecule has 0 spiro atoms. The molecule has 1 fully saturated rings. The highest BCUT2D eigenvalue weighted by atomic mass is 32.2. The highest BCUT2D eigenvalue weighted by Gasteiger charge is 2.23. The van der Waals surface area contributed by atoms with Crippen molar-refractivity contribution < 1.29 is 8.42 Å². The predicted molar refractivity (Wildman–Crippen MR) is 72.7 cm³/mol. The highest BCUT2D eigenvalue weighted by molar-refractivity contribution is 7.89. The van der Waals surface area contributed by atoms with Crippen LogP contribution < -0.4 is 16.2 Å². The third kappa shape index (κ3) is 3.61. The summed E-state index contributed by atoms with van der Waals surface area (Å²) < 4.78 is 22.6. The fourth-order valence-electron chi connectivity index (χ4n) is 2.07. The SMILES string of the molecule is CC(CC1CC1)Nc1cc(N)cc(S(N)(=O)=O)c1. The van der Waals surface area contributed by atoms with E-state index < -0.39 is 10.0 Å². The maximum atomic E-state index is 11.3. The molecular weight excluding hydrogens is 250 g/mol. The number of nitrogens with one attached hydrogen (secondary N) is 1. The van der Waals surface area contributed by atoms with Gasteiger partial charge in [-0.2, -0.15) is 0 Å². The Morgan fingerprint density at radius 2 is 2.06 bits per heavy atom. The summed E-state index contributed by atoms with van der Waals surface area (Å²) in [6.07, 6.45) is 3.69. The second-order valence-corrected chi connectivity index (χ2v) is 6.62. The minimum absolute atomic E-state index is 0.0450. The molecule has 1 saturated carbocycles. The Hall–Kier alpha value is -1.27. The van der Waals surface area contributed by atoms with Crippen LogP contribution in [0.3, 0.4) is 0 Å². The summed E-state index contributed by atoms with van der Waals surface area (Å²) in [5, 5.41) is 8.37. The molecule has 0 amide bonds. The van der Waals surface area contributed by atoms with Gasteiger partial charge in [-0.1, -0.05) is 12.8 Å². The quantitative estimate of drug-likeness (QED) is 0.706. The van der Waals surface area contributed by atoms with E-state index in [0.29, 0.717) is 17.4 Å². The van der Waals surface area contributed by atoms with Crippen molar-refractivity contribution in [2.75, 3.05) is 11.1 Å². The summed E-state index contributed by atoms with van der Waals surface area (Å²) in [6.45, 7) is 2.08. The molecule has 6 heteroatoms. The summed E-state index contributed by atoms with van der Waals surface area (Å²) >= 11 is 0. The molecule has 0 aromatic heterocycles. The van der Waals surface area contributed by atoms with Crippen molar-refractivity contribution in [2.24, 2.45) is 11.1 Å². The first kappa shape index (κ1) is 13.2. The maximum Gasteiger partial charge on any atom is 0.238 e. The summed E-state index contributed by atoms with van der Waals surface area (Å²) in [5.74, 6) is 0.811. The van der Waals surface area contributed by atoms with Crippen molar-refractivity contribution in [3.8, 4) is 0 Å². The van der Waals surface area contributed by atoms with E-state index in [1.54, 1.807) is 6.07 Å². The summed E-state index contributed by atoms with van der Waals surface area (Å²) in [6, 6.07) is 4.91. The van der Waals surface area contributed by atoms with Gasteiger partial charge in [0.1, 0.15) is 0 Å². The summed E-state index contributed by atoms with van der Waals surface area (Å²) in [5.41, 5.74) is 6.78. The molecule has 0 radical (unpaired) electrons. The Morgan fingerprint density at radius 1 is 1.39 bits per heavy atom. The molecule has 5 nitrogen and oxygen atoms in total. The van der Waals surface area contributed by atoms with Crippen molar-refractivity contribution in [3.05, 3.63) is 18.2 Å². The molecule has 1 unspecified atom stereocenters. The third-order valence-electron chi connectivity index (χ3n) is 3.05. The molecule has 1 aromatic rings. The Kier molecular flexibility index (Phi) is 3.49. The van der Waals surface area contributed by atoms with Gasteiger partial charge in [0.15, 0.2) is 0 Å². The number of anilines is 2. The smallest absolute Gasteiger partial charge is 0.238 e. The Labute approximate surface area is 108 Å². The normalized spacial score (nSPS) is 17.4. The molecule has 100 valence electrons. The molecule has 0 heterocycles. The lowest BCUT2D eigenvalue weighted by molar-refractivity contribution is 0.597. The molecule has 1 atom stereocenters. The first-order valence-electron chi connectivity index (χ1n) is 6.04. The Bertz CT molecular complexity index is 538. The molecule has 1 aliphatic carbocycles. The fourth-order valence-corrected chi connectivity index (χ4v) is 2.66. The number of primary sulfonamides is 1. The van der Waals surface area contributed by atoms with E-state index in [1.165, 1.54) is 25.0 Å². The molecule has 0 aliphatic heterocycles. The number of hydrogen-bond acceptors (Lipinski definition) is 4. The molecule has 2 rings (SSSR count). The number of sulfonamides is 1. The van der Waals surface area contributed by atoms with Gasteiger partial charge in [-0.3, -0.25) is 0 Å². The van der Waals surface area contributed by atoms with Crippen molar-refractivity contribution in [1.29, 1.82) is 0 Å². The molecule has 0 bridgehead atoms. The van der Waals surface area contributed by atoms with Gasteiger partial charge in [0.25, 0.3) is 0 Å². The number of hydrogen-bond donors (Lipinski definition) is 3. The van der Waals surface area contributed by atoms with Gasteiger partial charge in [-0.15, -0.1) is 0 Å². The zero-order valence-corrected chi connectivity index (χ0v) is 11.2. The van der Waals surface area contributed by atoms with Crippen LogP contribution in [0.15, 0.2) is 23.1 Å². The zero-order valence-electron chi connectivity index (χ0n) is 10.4. The van der Waals surface area contributed by atoms with Crippen molar-refractivity contribution in [3.63, 3.8) is 0 Å². The largest absolute Gasteiger partial charge is 0.399 e. The van der Waals surface area contributed by atoms with Crippen LogP contribution in [0.5, 0.6) is 0 Å². The van der Waals surface area contributed by atoms with E-state index >= 15 is 0 Å². The van der Waals surface area contributed by atoms with E-state index in [9.17, 15) is 8.42 Å². The zero-order chi connectivity index (χ0) is 13.3. The predicted octanol–water partition coefficient (Wildman–Crippen LogP) is 1.52. The van der Waals surface area contributed by atoms with E-state index in [2.05, 4.69) is 12.2 Å². The lowest BCUT2D eigenvalue weighted by atomic mass is 10.1. The van der Waals surface area contributed by atoms with E-state index in [4.69, 9.17) is 10.9 Å². The van der Waals surface area contributed by atoms with Crippen LogP contribution in [0.2, 0.25) is 0 Å². The number of rotatable bonds is 5. The molecule has 0 saturated heterocycles. The van der Waals surface area contributed by atoms with Crippen LogP contribution in [0, 0.1) is 5.92 Å².